The number of sulfone groups is 1. The van der Waals surface area contributed by atoms with E-state index >= 15 is 0 Å². The average Bonchev–Trinajstić information content (AvgIpc) is 2.75. The number of halogens is 2. The van der Waals surface area contributed by atoms with Gasteiger partial charge in [-0.3, -0.25) is 4.68 Å². The smallest absolute Gasteiger partial charge is 0.341 e. The van der Waals surface area contributed by atoms with Gasteiger partial charge in [0.15, 0.2) is 5.75 Å². The molecule has 0 bridgehead atoms. The fourth-order valence-electron chi connectivity index (χ4n) is 1.39. The quantitative estimate of drug-likeness (QED) is 0.865. The summed E-state index contributed by atoms with van der Waals surface area (Å²) in [7, 11) is -2.85. The lowest BCUT2D eigenvalue weighted by molar-refractivity contribution is 0.234. The fraction of sp³-hybridized carbons (Fsp3) is 0.182. The molecule has 8 heteroatoms. The third kappa shape index (κ3) is 2.90. The highest BCUT2D eigenvalue weighted by atomic mass is 32.2. The Labute approximate surface area is 108 Å². The van der Waals surface area contributed by atoms with Crippen LogP contribution in [-0.2, 0) is 16.9 Å². The molecule has 0 radical (unpaired) electrons. The van der Waals surface area contributed by atoms with Crippen molar-refractivity contribution in [3.05, 3.63) is 36.7 Å². The number of hydrogen-bond acceptors (Lipinski definition) is 4. The summed E-state index contributed by atoms with van der Waals surface area (Å²) in [6.07, 6.45) is 3.09. The van der Waals surface area contributed by atoms with Gasteiger partial charge < -0.3 is 4.74 Å². The van der Waals surface area contributed by atoms with Crippen molar-refractivity contribution < 1.29 is 21.9 Å². The van der Waals surface area contributed by atoms with Crippen molar-refractivity contribution in [1.29, 1.82) is 0 Å². The Morgan fingerprint density at radius 1 is 1.21 bits per heavy atom. The molecule has 0 saturated carbocycles. The molecule has 0 unspecified atom stereocenters. The maximum absolute atomic E-state index is 12.3. The number of alkyl halides is 2. The summed E-state index contributed by atoms with van der Waals surface area (Å²) in [4.78, 5) is -0.443. The van der Waals surface area contributed by atoms with Gasteiger partial charge in [-0.2, -0.15) is 13.9 Å². The van der Waals surface area contributed by atoms with Gasteiger partial charge in [-0.15, -0.1) is 0 Å². The number of aromatic nitrogens is 2. The molecule has 1 aromatic carbocycles. The monoisotopic (exact) mass is 288 g/mol. The van der Waals surface area contributed by atoms with E-state index in [4.69, 9.17) is 4.74 Å². The van der Waals surface area contributed by atoms with Crippen LogP contribution in [0.15, 0.2) is 41.6 Å². The van der Waals surface area contributed by atoms with Gasteiger partial charge in [-0.1, -0.05) is 0 Å². The van der Waals surface area contributed by atoms with E-state index in [2.05, 4.69) is 5.10 Å². The van der Waals surface area contributed by atoms with Crippen molar-refractivity contribution in [2.24, 2.45) is 7.05 Å². The van der Waals surface area contributed by atoms with Crippen molar-refractivity contribution >= 4 is 9.84 Å². The second-order valence-electron chi connectivity index (χ2n) is 3.73. The summed E-state index contributed by atoms with van der Waals surface area (Å²) in [5.74, 6) is -2.63. The van der Waals surface area contributed by atoms with Crippen LogP contribution in [-0.4, -0.2) is 24.0 Å². The van der Waals surface area contributed by atoms with Gasteiger partial charge in [-0.25, -0.2) is 8.42 Å². The van der Waals surface area contributed by atoms with E-state index in [1.165, 1.54) is 23.0 Å². The number of benzene rings is 1. The molecule has 1 heterocycles. The molecule has 0 aliphatic heterocycles. The molecule has 0 aliphatic rings. The van der Waals surface area contributed by atoms with Crippen molar-refractivity contribution in [2.75, 3.05) is 0 Å². The van der Waals surface area contributed by atoms with Crippen LogP contribution in [0.5, 0.6) is 11.5 Å². The lowest BCUT2D eigenvalue weighted by Crippen LogP contribution is -2.11. The molecule has 19 heavy (non-hydrogen) atoms. The number of nitrogens with zero attached hydrogens (tertiary/aromatic N) is 2. The maximum atomic E-state index is 12.3. The maximum Gasteiger partial charge on any atom is 0.341 e. The van der Waals surface area contributed by atoms with Crippen molar-refractivity contribution in [3.63, 3.8) is 0 Å². The van der Waals surface area contributed by atoms with E-state index < -0.39 is 20.5 Å². The molecule has 102 valence electrons. The largest absolute Gasteiger partial charge is 0.454 e. The van der Waals surface area contributed by atoms with Gasteiger partial charge in [0.1, 0.15) is 5.75 Å². The minimum atomic E-state index is -4.57. The summed E-state index contributed by atoms with van der Waals surface area (Å²) < 4.78 is 53.9. The Kier molecular flexibility index (Phi) is 3.52. The predicted molar refractivity (Wildman–Crippen MR) is 62.9 cm³/mol. The van der Waals surface area contributed by atoms with Crippen molar-refractivity contribution in [3.8, 4) is 11.5 Å². The normalized spacial score (nSPS) is 11.8. The first-order valence-corrected chi connectivity index (χ1v) is 6.73. The molecule has 0 spiro atoms. The summed E-state index contributed by atoms with van der Waals surface area (Å²) in [6, 6.07) is 4.77. The van der Waals surface area contributed by atoms with Gasteiger partial charge in [0.25, 0.3) is 0 Å². The number of ether oxygens (including phenoxy) is 1. The Morgan fingerprint density at radius 2 is 1.84 bits per heavy atom. The van der Waals surface area contributed by atoms with Crippen LogP contribution in [0.25, 0.3) is 0 Å². The Balaban J connectivity index is 2.19. The van der Waals surface area contributed by atoms with Gasteiger partial charge in [-0.05, 0) is 24.3 Å². The van der Waals surface area contributed by atoms with Crippen LogP contribution < -0.4 is 4.74 Å². The molecule has 0 aliphatic carbocycles. The zero-order valence-corrected chi connectivity index (χ0v) is 10.6. The lowest BCUT2D eigenvalue weighted by atomic mass is 10.3. The summed E-state index contributed by atoms with van der Waals surface area (Å²) >= 11 is 0. The zero-order chi connectivity index (χ0) is 14.0. The highest BCUT2D eigenvalue weighted by Crippen LogP contribution is 2.24. The van der Waals surface area contributed by atoms with E-state index in [0.29, 0.717) is 11.5 Å². The van der Waals surface area contributed by atoms with Crippen LogP contribution in [0.1, 0.15) is 0 Å². The second kappa shape index (κ2) is 4.96. The molecular weight excluding hydrogens is 278 g/mol. The molecule has 5 nitrogen and oxygen atoms in total. The van der Waals surface area contributed by atoms with Gasteiger partial charge >= 0.3 is 5.76 Å². The van der Waals surface area contributed by atoms with Crippen LogP contribution in [0.3, 0.4) is 0 Å². The third-order valence-corrected chi connectivity index (χ3v) is 3.70. The fourth-order valence-corrected chi connectivity index (χ4v) is 2.11. The van der Waals surface area contributed by atoms with Crippen LogP contribution in [0, 0.1) is 0 Å². The van der Waals surface area contributed by atoms with Gasteiger partial charge in [0.2, 0.25) is 9.84 Å². The molecule has 0 saturated heterocycles. The first kappa shape index (κ1) is 13.5. The molecule has 0 atom stereocenters. The summed E-state index contributed by atoms with van der Waals surface area (Å²) in [6.45, 7) is 0. The molecular formula is C11H10F2N2O3S. The van der Waals surface area contributed by atoms with Crippen molar-refractivity contribution in [1.82, 2.24) is 9.78 Å². The minimum absolute atomic E-state index is 0.334. The SMILES string of the molecule is Cn1cc(Oc2ccc(S(=O)(=O)C(F)F)cc2)cn1. The van der Waals surface area contributed by atoms with E-state index in [0.717, 1.165) is 12.1 Å². The molecule has 2 rings (SSSR count). The highest BCUT2D eigenvalue weighted by Gasteiger charge is 2.26. The van der Waals surface area contributed by atoms with Crippen molar-refractivity contribution in [2.45, 2.75) is 10.7 Å². The van der Waals surface area contributed by atoms with Gasteiger partial charge in [0.05, 0.1) is 17.3 Å². The first-order valence-electron chi connectivity index (χ1n) is 5.18. The van der Waals surface area contributed by atoms with E-state index in [1.807, 2.05) is 0 Å². The molecule has 2 aromatic rings. The molecule has 1 aromatic heterocycles. The predicted octanol–water partition coefficient (Wildman–Crippen LogP) is 2.21. The van der Waals surface area contributed by atoms with Crippen LogP contribution in [0.4, 0.5) is 8.78 Å². The molecule has 0 amide bonds. The molecule has 0 fully saturated rings. The zero-order valence-electron chi connectivity index (χ0n) is 9.82. The topological polar surface area (TPSA) is 61.2 Å². The van der Waals surface area contributed by atoms with E-state index in [1.54, 1.807) is 13.2 Å². The Morgan fingerprint density at radius 3 is 2.32 bits per heavy atom. The number of aryl methyl sites for hydroxylation is 1. The highest BCUT2D eigenvalue weighted by molar-refractivity contribution is 7.91. The van der Waals surface area contributed by atoms with E-state index in [9.17, 15) is 17.2 Å². The summed E-state index contributed by atoms with van der Waals surface area (Å²) in [5, 5.41) is 3.89. The van der Waals surface area contributed by atoms with E-state index in [-0.39, 0.29) is 0 Å². The second-order valence-corrected chi connectivity index (χ2v) is 5.65. The number of hydrogen-bond donors (Lipinski definition) is 0. The molecule has 0 N–H and O–H groups in total. The van der Waals surface area contributed by atoms with Gasteiger partial charge in [0, 0.05) is 7.05 Å². The standard InChI is InChI=1S/C11H10F2N2O3S/c1-15-7-9(6-14-15)18-8-2-4-10(5-3-8)19(16,17)11(12)13/h2-7,11H,1H3. The third-order valence-electron chi connectivity index (χ3n) is 2.30. The lowest BCUT2D eigenvalue weighted by Gasteiger charge is -2.05. The van der Waals surface area contributed by atoms with Crippen LogP contribution in [0.2, 0.25) is 0 Å². The Bertz CT molecular complexity index is 666. The Hall–Kier alpha value is -1.96. The first-order chi connectivity index (χ1) is 8.89. The average molecular weight is 288 g/mol. The van der Waals surface area contributed by atoms with Crippen LogP contribution >= 0.6 is 0 Å². The minimum Gasteiger partial charge on any atom is -0.454 e. The number of rotatable bonds is 4. The summed E-state index contributed by atoms with van der Waals surface area (Å²) in [5.41, 5.74) is 0.